The molecule has 0 spiro atoms. The topological polar surface area (TPSA) is 92.6 Å². The second-order valence-electron chi connectivity index (χ2n) is 4.49. The first-order chi connectivity index (χ1) is 10.0. The molecule has 0 aromatic heterocycles. The summed E-state index contributed by atoms with van der Waals surface area (Å²) in [5.41, 5.74) is 0.634. The van der Waals surface area contributed by atoms with E-state index in [9.17, 15) is 19.7 Å². The summed E-state index contributed by atoms with van der Waals surface area (Å²) in [6.07, 6.45) is 0. The van der Waals surface area contributed by atoms with E-state index in [1.807, 2.05) is 0 Å². The van der Waals surface area contributed by atoms with Crippen LogP contribution in [0.1, 0.15) is 17.9 Å². The molecule has 2 rings (SSSR count). The van der Waals surface area contributed by atoms with Gasteiger partial charge in [-0.2, -0.15) is 0 Å². The third-order valence-corrected chi connectivity index (χ3v) is 4.28. The van der Waals surface area contributed by atoms with Crippen LogP contribution in [-0.2, 0) is 9.59 Å². The highest BCUT2D eigenvalue weighted by Crippen LogP contribution is 2.39. The van der Waals surface area contributed by atoms with Crippen LogP contribution in [0.3, 0.4) is 0 Å². The Morgan fingerprint density at radius 1 is 1.57 bits per heavy atom. The monoisotopic (exact) mass is 309 g/mol. The first-order valence-electron chi connectivity index (χ1n) is 6.45. The Bertz CT molecular complexity index is 578. The van der Waals surface area contributed by atoms with Gasteiger partial charge in [0.15, 0.2) is 0 Å². The molecule has 1 aromatic carbocycles. The minimum Gasteiger partial charge on any atom is -0.355 e. The Morgan fingerprint density at radius 2 is 2.33 bits per heavy atom. The smallest absolute Gasteiger partial charge is 0.269 e. The van der Waals surface area contributed by atoms with Gasteiger partial charge in [0.05, 0.1) is 10.7 Å². The molecular weight excluding hydrogens is 294 g/mol. The molecule has 1 aromatic rings. The molecule has 21 heavy (non-hydrogen) atoms. The van der Waals surface area contributed by atoms with Gasteiger partial charge >= 0.3 is 0 Å². The number of nitrogens with one attached hydrogen (secondary N) is 1. The molecule has 0 aliphatic carbocycles. The summed E-state index contributed by atoms with van der Waals surface area (Å²) >= 11 is 1.37. The van der Waals surface area contributed by atoms with Crippen molar-refractivity contribution < 1.29 is 14.5 Å². The summed E-state index contributed by atoms with van der Waals surface area (Å²) in [4.78, 5) is 35.4. The van der Waals surface area contributed by atoms with Gasteiger partial charge in [-0.3, -0.25) is 19.7 Å². The number of thioether (sulfide) groups is 1. The number of carbonyl (C=O) groups excluding carboxylic acids is 2. The number of carbonyl (C=O) groups is 2. The highest BCUT2D eigenvalue weighted by Gasteiger charge is 2.34. The maximum Gasteiger partial charge on any atom is 0.269 e. The highest BCUT2D eigenvalue weighted by molar-refractivity contribution is 8.00. The molecule has 0 unspecified atom stereocenters. The number of hydrogen-bond donors (Lipinski definition) is 1. The number of nitro groups is 1. The maximum atomic E-state index is 11.9. The van der Waals surface area contributed by atoms with Crippen LogP contribution in [0.4, 0.5) is 5.69 Å². The van der Waals surface area contributed by atoms with Gasteiger partial charge in [0, 0.05) is 18.7 Å². The molecule has 0 bridgehead atoms. The third kappa shape index (κ3) is 3.52. The van der Waals surface area contributed by atoms with Crippen LogP contribution >= 0.6 is 11.8 Å². The van der Waals surface area contributed by atoms with Crippen LogP contribution in [-0.4, -0.2) is 40.5 Å². The number of nitro benzene ring substituents is 1. The molecule has 1 heterocycles. The predicted molar refractivity (Wildman–Crippen MR) is 78.7 cm³/mol. The molecule has 1 aliphatic heterocycles. The molecule has 1 aliphatic rings. The Kier molecular flexibility index (Phi) is 4.79. The minimum absolute atomic E-state index is 0.0228. The number of likely N-dealkylation sites (N-methyl/N-ethyl adjacent to an activating group) is 1. The fourth-order valence-electron chi connectivity index (χ4n) is 2.10. The molecule has 1 saturated heterocycles. The standard InChI is InChI=1S/C13H15N3O4S/c1-2-14-11(17)7-15-12(18)8-21-13(15)9-4-3-5-10(6-9)16(19)20/h3-6,13H,2,7-8H2,1H3,(H,14,17)/t13-/m0/s1. The maximum absolute atomic E-state index is 11.9. The molecule has 2 amide bonds. The quantitative estimate of drug-likeness (QED) is 0.654. The molecule has 112 valence electrons. The highest BCUT2D eigenvalue weighted by atomic mass is 32.2. The Morgan fingerprint density at radius 3 is 3.00 bits per heavy atom. The lowest BCUT2D eigenvalue weighted by Gasteiger charge is -2.23. The number of non-ortho nitro benzene ring substituents is 1. The van der Waals surface area contributed by atoms with Crippen LogP contribution in [0.5, 0.6) is 0 Å². The molecule has 0 saturated carbocycles. The van der Waals surface area contributed by atoms with Crippen molar-refractivity contribution in [2.75, 3.05) is 18.8 Å². The number of nitrogens with zero attached hydrogens (tertiary/aromatic N) is 2. The van der Waals surface area contributed by atoms with Crippen LogP contribution < -0.4 is 5.32 Å². The zero-order valence-electron chi connectivity index (χ0n) is 11.4. The van der Waals surface area contributed by atoms with Gasteiger partial charge in [0.25, 0.3) is 5.69 Å². The van der Waals surface area contributed by atoms with Gasteiger partial charge in [-0.1, -0.05) is 12.1 Å². The molecular formula is C13H15N3O4S. The lowest BCUT2D eigenvalue weighted by molar-refractivity contribution is -0.384. The van der Waals surface area contributed by atoms with Gasteiger partial charge in [-0.25, -0.2) is 0 Å². The van der Waals surface area contributed by atoms with Gasteiger partial charge in [-0.15, -0.1) is 11.8 Å². The summed E-state index contributed by atoms with van der Waals surface area (Å²) in [5.74, 6) is -0.0983. The van der Waals surface area contributed by atoms with Gasteiger partial charge < -0.3 is 10.2 Å². The van der Waals surface area contributed by atoms with E-state index in [1.54, 1.807) is 19.1 Å². The van der Waals surface area contributed by atoms with Crippen molar-refractivity contribution in [3.8, 4) is 0 Å². The Balaban J connectivity index is 2.21. The fourth-order valence-corrected chi connectivity index (χ4v) is 3.28. The molecule has 8 heteroatoms. The third-order valence-electron chi connectivity index (χ3n) is 3.02. The van der Waals surface area contributed by atoms with E-state index in [4.69, 9.17) is 0 Å². The lowest BCUT2D eigenvalue weighted by atomic mass is 10.2. The number of hydrogen-bond acceptors (Lipinski definition) is 5. The van der Waals surface area contributed by atoms with E-state index in [0.29, 0.717) is 12.1 Å². The Hall–Kier alpha value is -2.09. The van der Waals surface area contributed by atoms with E-state index < -0.39 is 4.92 Å². The summed E-state index contributed by atoms with van der Waals surface area (Å²) < 4.78 is 0. The number of amides is 2. The van der Waals surface area contributed by atoms with Crippen molar-refractivity contribution in [3.05, 3.63) is 39.9 Å². The zero-order valence-corrected chi connectivity index (χ0v) is 12.3. The molecule has 1 N–H and O–H groups in total. The van der Waals surface area contributed by atoms with E-state index >= 15 is 0 Å². The average Bonchev–Trinajstić information content (AvgIpc) is 2.81. The second-order valence-corrected chi connectivity index (χ2v) is 5.56. The summed E-state index contributed by atoms with van der Waals surface area (Å²) in [6, 6.07) is 6.16. The van der Waals surface area contributed by atoms with E-state index in [1.165, 1.54) is 28.8 Å². The van der Waals surface area contributed by atoms with Gasteiger partial charge in [0.2, 0.25) is 11.8 Å². The van der Waals surface area contributed by atoms with Crippen molar-refractivity contribution in [2.45, 2.75) is 12.3 Å². The number of benzene rings is 1. The normalized spacial score (nSPS) is 17.9. The van der Waals surface area contributed by atoms with Crippen LogP contribution in [0.2, 0.25) is 0 Å². The van der Waals surface area contributed by atoms with Crippen molar-refractivity contribution >= 4 is 29.3 Å². The summed E-state index contributed by atoms with van der Waals surface area (Å²) in [7, 11) is 0. The zero-order chi connectivity index (χ0) is 15.4. The Labute approximate surface area is 125 Å². The largest absolute Gasteiger partial charge is 0.355 e. The predicted octanol–water partition coefficient (Wildman–Crippen LogP) is 1.30. The van der Waals surface area contributed by atoms with Gasteiger partial charge in [-0.05, 0) is 12.5 Å². The number of rotatable bonds is 5. The molecule has 7 nitrogen and oxygen atoms in total. The fraction of sp³-hybridized carbons (Fsp3) is 0.385. The van der Waals surface area contributed by atoms with Crippen LogP contribution in [0, 0.1) is 10.1 Å². The SMILES string of the molecule is CCNC(=O)CN1C(=O)CS[C@H]1c1cccc([N+](=O)[O-])c1. The van der Waals surface area contributed by atoms with E-state index in [-0.39, 0.29) is 35.2 Å². The summed E-state index contributed by atoms with van der Waals surface area (Å²) in [5, 5.41) is 13.1. The van der Waals surface area contributed by atoms with Gasteiger partial charge in [0.1, 0.15) is 11.9 Å². The molecule has 1 atom stereocenters. The van der Waals surface area contributed by atoms with Crippen molar-refractivity contribution in [1.82, 2.24) is 10.2 Å². The van der Waals surface area contributed by atoms with Crippen molar-refractivity contribution in [1.29, 1.82) is 0 Å². The van der Waals surface area contributed by atoms with E-state index in [0.717, 1.165) is 0 Å². The molecule has 1 fully saturated rings. The first-order valence-corrected chi connectivity index (χ1v) is 7.50. The molecule has 0 radical (unpaired) electrons. The average molecular weight is 309 g/mol. The van der Waals surface area contributed by atoms with Crippen molar-refractivity contribution in [2.24, 2.45) is 0 Å². The van der Waals surface area contributed by atoms with E-state index in [2.05, 4.69) is 5.32 Å². The second kappa shape index (κ2) is 6.57. The lowest BCUT2D eigenvalue weighted by Crippen LogP contribution is -2.39. The van der Waals surface area contributed by atoms with Crippen molar-refractivity contribution in [3.63, 3.8) is 0 Å². The summed E-state index contributed by atoms with van der Waals surface area (Å²) in [6.45, 7) is 2.26. The minimum atomic E-state index is -0.473. The van der Waals surface area contributed by atoms with Crippen LogP contribution in [0.25, 0.3) is 0 Å². The van der Waals surface area contributed by atoms with Crippen LogP contribution in [0.15, 0.2) is 24.3 Å². The first kappa shape index (κ1) is 15.3.